The Kier molecular flexibility index (Phi) is 5.09. The van der Waals surface area contributed by atoms with Crippen LogP contribution in [0.4, 0.5) is 4.39 Å². The molecule has 0 aliphatic rings. The van der Waals surface area contributed by atoms with E-state index in [0.717, 1.165) is 5.56 Å². The molecule has 5 nitrogen and oxygen atoms in total. The number of hydrogen-bond donors (Lipinski definition) is 1. The molecule has 0 radical (unpaired) electrons. The van der Waals surface area contributed by atoms with Crippen molar-refractivity contribution in [2.45, 2.75) is 19.5 Å². The van der Waals surface area contributed by atoms with Crippen molar-refractivity contribution < 1.29 is 9.18 Å². The Morgan fingerprint density at radius 1 is 1.24 bits per heavy atom. The number of nitrogens with one attached hydrogen (secondary N) is 1. The molecule has 0 spiro atoms. The van der Waals surface area contributed by atoms with Crippen LogP contribution >= 0.6 is 11.6 Å². The Morgan fingerprint density at radius 3 is 2.68 bits per heavy atom. The van der Waals surface area contributed by atoms with E-state index in [1.165, 1.54) is 16.9 Å². The van der Waals surface area contributed by atoms with E-state index in [0.29, 0.717) is 10.6 Å². The molecular formula is C18H16ClFN4O. The summed E-state index contributed by atoms with van der Waals surface area (Å²) in [6, 6.07) is 13.4. The molecule has 0 saturated carbocycles. The Balaban J connectivity index is 1.66. The van der Waals surface area contributed by atoms with Crippen LogP contribution in [0.15, 0.2) is 54.7 Å². The van der Waals surface area contributed by atoms with Crippen LogP contribution in [0.5, 0.6) is 0 Å². The molecule has 7 heteroatoms. The number of carbonyl (C=O) groups excluding carboxylic acids is 1. The summed E-state index contributed by atoms with van der Waals surface area (Å²) >= 11 is 5.86. The zero-order valence-corrected chi connectivity index (χ0v) is 14.2. The van der Waals surface area contributed by atoms with Gasteiger partial charge in [0.1, 0.15) is 5.82 Å². The standard InChI is InChI=1S/C18H16ClFN4O/c1-12(13-6-8-15(19)9-7-13)21-18(25)17-11-24(23-22-17)10-14-4-2-3-5-16(14)20/h2-9,11-12H,10H2,1H3,(H,21,25). The number of halogens is 2. The third-order valence-electron chi connectivity index (χ3n) is 3.78. The molecular weight excluding hydrogens is 343 g/mol. The van der Waals surface area contributed by atoms with Crippen LogP contribution in [0.1, 0.15) is 34.6 Å². The van der Waals surface area contributed by atoms with Crippen molar-refractivity contribution in [3.63, 3.8) is 0 Å². The zero-order valence-electron chi connectivity index (χ0n) is 13.5. The first-order valence-corrected chi connectivity index (χ1v) is 8.10. The molecule has 3 rings (SSSR count). The van der Waals surface area contributed by atoms with Crippen molar-refractivity contribution in [2.75, 3.05) is 0 Å². The molecule has 0 aliphatic heterocycles. The topological polar surface area (TPSA) is 59.8 Å². The van der Waals surface area contributed by atoms with Crippen LogP contribution in [0.3, 0.4) is 0 Å². The van der Waals surface area contributed by atoms with Crippen LogP contribution in [0, 0.1) is 5.82 Å². The second-order valence-electron chi connectivity index (χ2n) is 5.64. The van der Waals surface area contributed by atoms with Gasteiger partial charge in [-0.2, -0.15) is 0 Å². The van der Waals surface area contributed by atoms with E-state index in [-0.39, 0.29) is 30.0 Å². The van der Waals surface area contributed by atoms with Crippen LogP contribution in [-0.2, 0) is 6.54 Å². The molecule has 25 heavy (non-hydrogen) atoms. The highest BCUT2D eigenvalue weighted by atomic mass is 35.5. The average Bonchev–Trinajstić information content (AvgIpc) is 3.06. The van der Waals surface area contributed by atoms with Gasteiger partial charge in [0.15, 0.2) is 5.69 Å². The Morgan fingerprint density at radius 2 is 1.96 bits per heavy atom. The third-order valence-corrected chi connectivity index (χ3v) is 4.03. The first kappa shape index (κ1) is 17.1. The Bertz CT molecular complexity index is 879. The molecule has 2 aromatic carbocycles. The minimum absolute atomic E-state index is 0.178. The highest BCUT2D eigenvalue weighted by Crippen LogP contribution is 2.16. The highest BCUT2D eigenvalue weighted by molar-refractivity contribution is 6.30. The number of aromatic nitrogens is 3. The second kappa shape index (κ2) is 7.44. The molecule has 1 N–H and O–H groups in total. The minimum atomic E-state index is -0.345. The average molecular weight is 359 g/mol. The van der Waals surface area contributed by atoms with Crippen LogP contribution < -0.4 is 5.32 Å². The number of benzene rings is 2. The summed E-state index contributed by atoms with van der Waals surface area (Å²) < 4.78 is 15.1. The summed E-state index contributed by atoms with van der Waals surface area (Å²) in [5.74, 6) is -0.664. The SMILES string of the molecule is CC(NC(=O)c1cn(Cc2ccccc2F)nn1)c1ccc(Cl)cc1. The number of hydrogen-bond acceptors (Lipinski definition) is 3. The van der Waals surface area contributed by atoms with Gasteiger partial charge in [-0.05, 0) is 30.7 Å². The van der Waals surface area contributed by atoms with E-state index in [1.54, 1.807) is 30.3 Å². The predicted octanol–water partition coefficient (Wildman–Crippen LogP) is 3.61. The van der Waals surface area contributed by atoms with Gasteiger partial charge in [-0.3, -0.25) is 4.79 Å². The molecule has 1 amide bonds. The van der Waals surface area contributed by atoms with E-state index >= 15 is 0 Å². The minimum Gasteiger partial charge on any atom is -0.344 e. The summed E-state index contributed by atoms with van der Waals surface area (Å²) in [5, 5.41) is 11.2. The van der Waals surface area contributed by atoms with E-state index in [2.05, 4.69) is 15.6 Å². The van der Waals surface area contributed by atoms with Crippen molar-refractivity contribution in [3.05, 3.63) is 82.4 Å². The Labute approximate surface area is 149 Å². The molecule has 0 saturated heterocycles. The summed E-state index contributed by atoms with van der Waals surface area (Å²) in [5.41, 5.74) is 1.59. The molecule has 3 aromatic rings. The molecule has 128 valence electrons. The molecule has 0 bridgehead atoms. The lowest BCUT2D eigenvalue weighted by Crippen LogP contribution is -2.26. The first-order valence-electron chi connectivity index (χ1n) is 7.73. The summed E-state index contributed by atoms with van der Waals surface area (Å²) in [6.45, 7) is 2.07. The fourth-order valence-electron chi connectivity index (χ4n) is 2.39. The maximum atomic E-state index is 13.7. The lowest BCUT2D eigenvalue weighted by molar-refractivity contribution is 0.0934. The number of amides is 1. The van der Waals surface area contributed by atoms with E-state index < -0.39 is 0 Å². The summed E-state index contributed by atoms with van der Waals surface area (Å²) in [4.78, 5) is 12.3. The monoisotopic (exact) mass is 358 g/mol. The third kappa shape index (κ3) is 4.22. The smallest absolute Gasteiger partial charge is 0.273 e. The van der Waals surface area contributed by atoms with Gasteiger partial charge in [0.2, 0.25) is 0 Å². The van der Waals surface area contributed by atoms with Gasteiger partial charge in [-0.15, -0.1) is 5.10 Å². The van der Waals surface area contributed by atoms with Gasteiger partial charge in [0.05, 0.1) is 18.8 Å². The van der Waals surface area contributed by atoms with Crippen LogP contribution in [-0.4, -0.2) is 20.9 Å². The quantitative estimate of drug-likeness (QED) is 0.758. The maximum Gasteiger partial charge on any atom is 0.273 e. The van der Waals surface area contributed by atoms with Crippen molar-refractivity contribution in [2.24, 2.45) is 0 Å². The second-order valence-corrected chi connectivity index (χ2v) is 6.08. The molecule has 0 fully saturated rings. The van der Waals surface area contributed by atoms with Crippen molar-refractivity contribution in [3.8, 4) is 0 Å². The van der Waals surface area contributed by atoms with Gasteiger partial charge in [0, 0.05) is 10.6 Å². The lowest BCUT2D eigenvalue weighted by Gasteiger charge is -2.13. The normalized spacial score (nSPS) is 12.0. The molecule has 1 aromatic heterocycles. The van der Waals surface area contributed by atoms with Crippen LogP contribution in [0.25, 0.3) is 0 Å². The number of rotatable bonds is 5. The van der Waals surface area contributed by atoms with Gasteiger partial charge >= 0.3 is 0 Å². The van der Waals surface area contributed by atoms with E-state index in [9.17, 15) is 9.18 Å². The van der Waals surface area contributed by atoms with Crippen molar-refractivity contribution >= 4 is 17.5 Å². The van der Waals surface area contributed by atoms with E-state index in [4.69, 9.17) is 11.6 Å². The fraction of sp³-hybridized carbons (Fsp3) is 0.167. The molecule has 1 atom stereocenters. The predicted molar refractivity (Wildman–Crippen MR) is 92.9 cm³/mol. The van der Waals surface area contributed by atoms with Gasteiger partial charge in [-0.1, -0.05) is 47.1 Å². The molecule has 1 unspecified atom stereocenters. The maximum absolute atomic E-state index is 13.7. The number of carbonyl (C=O) groups is 1. The number of nitrogens with zero attached hydrogens (tertiary/aromatic N) is 3. The summed E-state index contributed by atoms with van der Waals surface area (Å²) in [6.07, 6.45) is 1.50. The lowest BCUT2D eigenvalue weighted by atomic mass is 10.1. The van der Waals surface area contributed by atoms with Gasteiger partial charge in [0.25, 0.3) is 5.91 Å². The van der Waals surface area contributed by atoms with Crippen LogP contribution in [0.2, 0.25) is 5.02 Å². The first-order chi connectivity index (χ1) is 12.0. The van der Waals surface area contributed by atoms with Gasteiger partial charge < -0.3 is 5.32 Å². The van der Waals surface area contributed by atoms with Crippen molar-refractivity contribution in [1.82, 2.24) is 20.3 Å². The molecule has 0 aliphatic carbocycles. The fourth-order valence-corrected chi connectivity index (χ4v) is 2.51. The summed E-state index contributed by atoms with van der Waals surface area (Å²) in [7, 11) is 0. The Hall–Kier alpha value is -2.73. The zero-order chi connectivity index (χ0) is 17.8. The van der Waals surface area contributed by atoms with E-state index in [1.807, 2.05) is 19.1 Å². The largest absolute Gasteiger partial charge is 0.344 e. The highest BCUT2D eigenvalue weighted by Gasteiger charge is 2.15. The van der Waals surface area contributed by atoms with Gasteiger partial charge in [-0.25, -0.2) is 9.07 Å². The van der Waals surface area contributed by atoms with Crippen molar-refractivity contribution in [1.29, 1.82) is 0 Å². The molecule has 1 heterocycles.